The SMILES string of the molecule is O=C(O)NC[C@H]1CC[C@@H](COc2cccc(F)c2)CC1. The summed E-state index contributed by atoms with van der Waals surface area (Å²) in [5, 5.41) is 11.0. The Hall–Kier alpha value is -1.78. The Morgan fingerprint density at radius 1 is 1.30 bits per heavy atom. The maximum Gasteiger partial charge on any atom is 0.404 e. The Morgan fingerprint density at radius 3 is 2.65 bits per heavy atom. The zero-order chi connectivity index (χ0) is 14.4. The third-order valence-electron chi connectivity index (χ3n) is 3.79. The second-order valence-corrected chi connectivity index (χ2v) is 5.34. The molecule has 0 spiro atoms. The molecule has 5 heteroatoms. The summed E-state index contributed by atoms with van der Waals surface area (Å²) in [6.07, 6.45) is 3.12. The van der Waals surface area contributed by atoms with Gasteiger partial charge in [0, 0.05) is 12.6 Å². The van der Waals surface area contributed by atoms with E-state index in [2.05, 4.69) is 5.32 Å². The van der Waals surface area contributed by atoms with E-state index in [9.17, 15) is 9.18 Å². The topological polar surface area (TPSA) is 58.6 Å². The number of carbonyl (C=O) groups is 1. The van der Waals surface area contributed by atoms with Gasteiger partial charge in [-0.2, -0.15) is 0 Å². The number of amides is 1. The molecule has 2 rings (SSSR count). The number of benzene rings is 1. The van der Waals surface area contributed by atoms with E-state index in [1.165, 1.54) is 12.1 Å². The van der Waals surface area contributed by atoms with Crippen molar-refractivity contribution in [1.29, 1.82) is 0 Å². The average Bonchev–Trinajstić information content (AvgIpc) is 2.44. The van der Waals surface area contributed by atoms with Crippen LogP contribution in [0.3, 0.4) is 0 Å². The number of hydrogen-bond donors (Lipinski definition) is 2. The van der Waals surface area contributed by atoms with Crippen LogP contribution < -0.4 is 10.1 Å². The number of nitrogens with one attached hydrogen (secondary N) is 1. The Morgan fingerprint density at radius 2 is 2.00 bits per heavy atom. The molecule has 1 fully saturated rings. The minimum atomic E-state index is -0.957. The van der Waals surface area contributed by atoms with Crippen LogP contribution in [-0.2, 0) is 0 Å². The van der Waals surface area contributed by atoms with Crippen molar-refractivity contribution in [3.8, 4) is 5.75 Å². The highest BCUT2D eigenvalue weighted by molar-refractivity contribution is 5.64. The van der Waals surface area contributed by atoms with Crippen molar-refractivity contribution in [1.82, 2.24) is 5.32 Å². The fourth-order valence-electron chi connectivity index (χ4n) is 2.60. The molecule has 20 heavy (non-hydrogen) atoms. The fourth-order valence-corrected chi connectivity index (χ4v) is 2.60. The van der Waals surface area contributed by atoms with Crippen molar-refractivity contribution < 1.29 is 19.0 Å². The molecule has 2 N–H and O–H groups in total. The van der Waals surface area contributed by atoms with E-state index in [1.54, 1.807) is 12.1 Å². The number of carboxylic acid groups (broad SMARTS) is 1. The van der Waals surface area contributed by atoms with Gasteiger partial charge in [-0.25, -0.2) is 9.18 Å². The van der Waals surface area contributed by atoms with Crippen molar-refractivity contribution in [2.45, 2.75) is 25.7 Å². The number of halogens is 1. The normalized spacial score (nSPS) is 22.2. The molecule has 0 aliphatic heterocycles. The van der Waals surface area contributed by atoms with E-state index in [0.29, 0.717) is 30.7 Å². The van der Waals surface area contributed by atoms with Gasteiger partial charge in [0.25, 0.3) is 0 Å². The van der Waals surface area contributed by atoms with Crippen LogP contribution in [-0.4, -0.2) is 24.4 Å². The minimum Gasteiger partial charge on any atom is -0.493 e. The molecule has 0 aromatic heterocycles. The third kappa shape index (κ3) is 4.72. The maximum atomic E-state index is 13.0. The second-order valence-electron chi connectivity index (χ2n) is 5.34. The largest absolute Gasteiger partial charge is 0.493 e. The van der Waals surface area contributed by atoms with E-state index >= 15 is 0 Å². The second kappa shape index (κ2) is 7.12. The molecule has 0 saturated heterocycles. The summed E-state index contributed by atoms with van der Waals surface area (Å²) >= 11 is 0. The maximum absolute atomic E-state index is 13.0. The van der Waals surface area contributed by atoms with Crippen LogP contribution in [0.2, 0.25) is 0 Å². The molecular weight excluding hydrogens is 261 g/mol. The lowest BCUT2D eigenvalue weighted by Crippen LogP contribution is -2.31. The van der Waals surface area contributed by atoms with Gasteiger partial charge in [0.2, 0.25) is 0 Å². The highest BCUT2D eigenvalue weighted by Crippen LogP contribution is 2.29. The molecule has 0 unspecified atom stereocenters. The van der Waals surface area contributed by atoms with Gasteiger partial charge in [0.05, 0.1) is 6.61 Å². The Kier molecular flexibility index (Phi) is 5.21. The molecule has 0 heterocycles. The highest BCUT2D eigenvalue weighted by atomic mass is 19.1. The van der Waals surface area contributed by atoms with Crippen LogP contribution in [0.1, 0.15) is 25.7 Å². The Bertz CT molecular complexity index is 444. The highest BCUT2D eigenvalue weighted by Gasteiger charge is 2.22. The molecule has 1 aliphatic rings. The van der Waals surface area contributed by atoms with Gasteiger partial charge in [-0.3, -0.25) is 0 Å². The fraction of sp³-hybridized carbons (Fsp3) is 0.533. The van der Waals surface area contributed by atoms with E-state index in [4.69, 9.17) is 9.84 Å². The standard InChI is InChI=1S/C15H20FNO3/c16-13-2-1-3-14(8-13)20-10-12-6-4-11(5-7-12)9-17-15(18)19/h1-3,8,11-12,17H,4-7,9-10H2,(H,18,19)/t11-,12+. The van der Waals surface area contributed by atoms with Gasteiger partial charge < -0.3 is 15.2 Å². The zero-order valence-corrected chi connectivity index (χ0v) is 11.3. The summed E-state index contributed by atoms with van der Waals surface area (Å²) in [5.41, 5.74) is 0. The lowest BCUT2D eigenvalue weighted by Gasteiger charge is -2.28. The summed E-state index contributed by atoms with van der Waals surface area (Å²) in [5.74, 6) is 1.18. The van der Waals surface area contributed by atoms with Gasteiger partial charge in [0.15, 0.2) is 0 Å². The van der Waals surface area contributed by atoms with Gasteiger partial charge in [0.1, 0.15) is 11.6 Å². The molecule has 110 valence electrons. The molecule has 0 bridgehead atoms. The van der Waals surface area contributed by atoms with Crippen molar-refractivity contribution >= 4 is 6.09 Å². The van der Waals surface area contributed by atoms with Crippen LogP contribution >= 0.6 is 0 Å². The zero-order valence-electron chi connectivity index (χ0n) is 11.3. The summed E-state index contributed by atoms with van der Waals surface area (Å²) in [6.45, 7) is 1.13. The summed E-state index contributed by atoms with van der Waals surface area (Å²) in [4.78, 5) is 10.4. The van der Waals surface area contributed by atoms with Gasteiger partial charge in [-0.05, 0) is 49.7 Å². The summed E-state index contributed by atoms with van der Waals surface area (Å²) in [6, 6.07) is 6.18. The first-order valence-corrected chi connectivity index (χ1v) is 6.98. The molecule has 1 aliphatic carbocycles. The van der Waals surface area contributed by atoms with Crippen molar-refractivity contribution in [2.24, 2.45) is 11.8 Å². The average molecular weight is 281 g/mol. The van der Waals surface area contributed by atoms with Crippen molar-refractivity contribution in [2.75, 3.05) is 13.2 Å². The van der Waals surface area contributed by atoms with Crippen LogP contribution in [0.4, 0.5) is 9.18 Å². The van der Waals surface area contributed by atoms with Crippen molar-refractivity contribution in [3.05, 3.63) is 30.1 Å². The van der Waals surface area contributed by atoms with Crippen LogP contribution in [0, 0.1) is 17.7 Å². The van der Waals surface area contributed by atoms with Crippen LogP contribution in [0.25, 0.3) is 0 Å². The lowest BCUT2D eigenvalue weighted by molar-refractivity contribution is 0.171. The Balaban J connectivity index is 1.68. The summed E-state index contributed by atoms with van der Waals surface area (Å²) < 4.78 is 18.6. The van der Waals surface area contributed by atoms with E-state index in [-0.39, 0.29) is 5.82 Å². The predicted octanol–water partition coefficient (Wildman–Crippen LogP) is 3.28. The van der Waals surface area contributed by atoms with Gasteiger partial charge in [-0.1, -0.05) is 6.07 Å². The van der Waals surface area contributed by atoms with Gasteiger partial charge in [-0.15, -0.1) is 0 Å². The van der Waals surface area contributed by atoms with E-state index < -0.39 is 6.09 Å². The lowest BCUT2D eigenvalue weighted by atomic mass is 9.82. The summed E-state index contributed by atoms with van der Waals surface area (Å²) in [7, 11) is 0. The molecule has 4 nitrogen and oxygen atoms in total. The first-order chi connectivity index (χ1) is 9.63. The molecule has 0 atom stereocenters. The molecular formula is C15H20FNO3. The molecule has 1 amide bonds. The minimum absolute atomic E-state index is 0.286. The number of hydrogen-bond acceptors (Lipinski definition) is 2. The smallest absolute Gasteiger partial charge is 0.404 e. The number of ether oxygens (including phenoxy) is 1. The van der Waals surface area contributed by atoms with Crippen molar-refractivity contribution in [3.63, 3.8) is 0 Å². The predicted molar refractivity (Wildman–Crippen MR) is 73.4 cm³/mol. The van der Waals surface area contributed by atoms with Crippen LogP contribution in [0.15, 0.2) is 24.3 Å². The molecule has 1 aromatic rings. The molecule has 1 saturated carbocycles. The molecule has 1 aromatic carbocycles. The third-order valence-corrected chi connectivity index (χ3v) is 3.79. The first-order valence-electron chi connectivity index (χ1n) is 6.98. The number of rotatable bonds is 5. The quantitative estimate of drug-likeness (QED) is 0.870. The monoisotopic (exact) mass is 281 g/mol. The van der Waals surface area contributed by atoms with E-state index in [0.717, 1.165) is 25.7 Å². The van der Waals surface area contributed by atoms with Crippen LogP contribution in [0.5, 0.6) is 5.75 Å². The molecule has 0 radical (unpaired) electrons. The van der Waals surface area contributed by atoms with E-state index in [1.807, 2.05) is 0 Å². The Labute approximate surface area is 117 Å². The first kappa shape index (κ1) is 14.6. The van der Waals surface area contributed by atoms with Gasteiger partial charge >= 0.3 is 6.09 Å².